The number of nitrogens with one attached hydrogen (secondary N) is 1. The molecule has 2 fully saturated rings. The Morgan fingerprint density at radius 1 is 1.06 bits per heavy atom. The molecule has 3 aromatic rings. The number of anilines is 1. The largest absolute Gasteiger partial charge is 0.394 e. The number of aliphatic hydroxyl groups excluding tert-OH is 1. The van der Waals surface area contributed by atoms with Crippen LogP contribution in [-0.4, -0.2) is 62.8 Å². The molecular weight excluding hydrogens is 666 g/mol. The Morgan fingerprint density at radius 2 is 1.69 bits per heavy atom. The molecule has 13 heteroatoms. The van der Waals surface area contributed by atoms with Gasteiger partial charge in [-0.3, -0.25) is 14.3 Å². The molecule has 0 aliphatic heterocycles. The van der Waals surface area contributed by atoms with Crippen molar-refractivity contribution in [3.8, 4) is 11.1 Å². The predicted molar refractivity (Wildman–Crippen MR) is 200 cm³/mol. The number of halogens is 1. The van der Waals surface area contributed by atoms with Crippen LogP contribution in [0.15, 0.2) is 18.3 Å². The van der Waals surface area contributed by atoms with E-state index in [1.54, 1.807) is 29.9 Å². The SMILES string of the molecule is Cc1nn(COCC[Si](C)(C)C)c(C)c1-c1ccc(NC(=O)[C@H](c2cnn([C@@H](C)CO)c2C(N)=O)C(C2CCCCC2)C2CCCCC2)nc1F. The van der Waals surface area contributed by atoms with E-state index in [4.69, 9.17) is 10.5 Å². The van der Waals surface area contributed by atoms with Gasteiger partial charge in [-0.2, -0.15) is 14.6 Å². The van der Waals surface area contributed by atoms with Crippen molar-refractivity contribution >= 4 is 25.7 Å². The van der Waals surface area contributed by atoms with Crippen molar-refractivity contribution < 1.29 is 23.8 Å². The minimum Gasteiger partial charge on any atom is -0.394 e. The van der Waals surface area contributed by atoms with Gasteiger partial charge >= 0.3 is 0 Å². The fourth-order valence-electron chi connectivity index (χ4n) is 8.40. The van der Waals surface area contributed by atoms with Crippen LogP contribution in [0.5, 0.6) is 0 Å². The van der Waals surface area contributed by atoms with Crippen molar-refractivity contribution in [2.24, 2.45) is 23.5 Å². The van der Waals surface area contributed by atoms with Crippen molar-refractivity contribution in [3.63, 3.8) is 0 Å². The van der Waals surface area contributed by atoms with E-state index >= 15 is 4.39 Å². The number of aryl methyl sites for hydroxylation is 1. The first kappa shape index (κ1) is 38.8. The van der Waals surface area contributed by atoms with Crippen molar-refractivity contribution in [1.29, 1.82) is 0 Å². The number of rotatable bonds is 15. The molecule has 2 aliphatic carbocycles. The van der Waals surface area contributed by atoms with E-state index in [0.717, 1.165) is 63.1 Å². The second-order valence-corrected chi connectivity index (χ2v) is 21.7. The molecule has 11 nitrogen and oxygen atoms in total. The summed E-state index contributed by atoms with van der Waals surface area (Å²) in [4.78, 5) is 32.0. The van der Waals surface area contributed by atoms with Crippen LogP contribution >= 0.6 is 0 Å². The number of primary amides is 1. The lowest BCUT2D eigenvalue weighted by molar-refractivity contribution is -0.120. The maximum atomic E-state index is 15.9. The molecule has 5 rings (SSSR count). The quantitative estimate of drug-likeness (QED) is 0.0842. The van der Waals surface area contributed by atoms with Gasteiger partial charge in [0.2, 0.25) is 11.9 Å². The summed E-state index contributed by atoms with van der Waals surface area (Å²) in [6.45, 7) is 13.1. The maximum Gasteiger partial charge on any atom is 0.267 e. The molecule has 51 heavy (non-hydrogen) atoms. The number of hydrogen-bond donors (Lipinski definition) is 3. The zero-order valence-corrected chi connectivity index (χ0v) is 32.4. The van der Waals surface area contributed by atoms with Crippen LogP contribution < -0.4 is 11.1 Å². The van der Waals surface area contributed by atoms with Gasteiger partial charge in [0.15, 0.2) is 0 Å². The summed E-state index contributed by atoms with van der Waals surface area (Å²) in [5.41, 5.74) is 8.96. The molecule has 3 heterocycles. The Hall–Kier alpha value is -3.42. The number of pyridine rings is 1. The average molecular weight is 724 g/mol. The number of carbonyl (C=O) groups excluding carboxylic acids is 2. The maximum absolute atomic E-state index is 15.9. The Balaban J connectivity index is 1.48. The number of amides is 2. The number of aromatic nitrogens is 5. The molecule has 2 atom stereocenters. The number of ether oxygens (including phenoxy) is 1. The van der Waals surface area contributed by atoms with Gasteiger partial charge in [0.05, 0.1) is 30.5 Å². The van der Waals surface area contributed by atoms with E-state index in [0.29, 0.717) is 29.0 Å². The van der Waals surface area contributed by atoms with Gasteiger partial charge in [0, 0.05) is 37.1 Å². The Kier molecular flexibility index (Phi) is 12.9. The average Bonchev–Trinajstić information content (AvgIpc) is 3.66. The highest BCUT2D eigenvalue weighted by atomic mass is 28.3. The second kappa shape index (κ2) is 16.9. The Morgan fingerprint density at radius 3 is 2.24 bits per heavy atom. The lowest BCUT2D eigenvalue weighted by atomic mass is 9.63. The number of aliphatic hydroxyl groups is 1. The summed E-state index contributed by atoms with van der Waals surface area (Å²) in [6.07, 6.45) is 12.3. The van der Waals surface area contributed by atoms with E-state index in [2.05, 4.69) is 40.1 Å². The molecule has 0 radical (unpaired) electrons. The van der Waals surface area contributed by atoms with Gasteiger partial charge in [-0.25, -0.2) is 9.67 Å². The highest BCUT2D eigenvalue weighted by Gasteiger charge is 2.43. The van der Waals surface area contributed by atoms with Gasteiger partial charge in [-0.05, 0) is 56.7 Å². The smallest absolute Gasteiger partial charge is 0.267 e. The highest BCUT2D eigenvalue weighted by molar-refractivity contribution is 6.76. The molecule has 3 aromatic heterocycles. The fourth-order valence-corrected chi connectivity index (χ4v) is 9.15. The first-order valence-corrected chi connectivity index (χ1v) is 22.6. The normalized spacial score (nSPS) is 17.5. The third-order valence-corrected chi connectivity index (χ3v) is 12.8. The minimum atomic E-state index is -1.23. The van der Waals surface area contributed by atoms with E-state index < -0.39 is 31.9 Å². The standard InChI is InChI=1S/C38H58FN7O4Si/c1-24(22-47)46-35(37(40)48)30(21-41-46)34(33(27-13-9-7-10-14-27)28-15-11-8-12-16-28)38(49)43-31-18-17-29(36(39)42-31)32-25(2)44-45(26(32)3)23-50-19-20-51(4,5)6/h17-18,21,24,27-28,33-34,47H,7-16,19-20,22-23H2,1-6H3,(H2,40,48)(H,42,43,49)/t24-,34+/m0/s1. The van der Waals surface area contributed by atoms with E-state index in [-0.39, 0.29) is 48.5 Å². The molecular formula is C38H58FN7O4Si. The molecule has 2 saturated carbocycles. The van der Waals surface area contributed by atoms with Crippen LogP contribution in [0.2, 0.25) is 25.7 Å². The first-order chi connectivity index (χ1) is 24.3. The van der Waals surface area contributed by atoms with Gasteiger partial charge in [0.1, 0.15) is 18.2 Å². The van der Waals surface area contributed by atoms with Gasteiger partial charge in [-0.15, -0.1) is 0 Å². The van der Waals surface area contributed by atoms with Crippen LogP contribution in [0.4, 0.5) is 10.2 Å². The van der Waals surface area contributed by atoms with E-state index in [1.807, 2.05) is 13.8 Å². The minimum absolute atomic E-state index is 0.0565. The van der Waals surface area contributed by atoms with Gasteiger partial charge in [0.25, 0.3) is 5.91 Å². The summed E-state index contributed by atoms with van der Waals surface area (Å²) in [7, 11) is -1.23. The monoisotopic (exact) mass is 723 g/mol. The number of hydrogen-bond acceptors (Lipinski definition) is 7. The van der Waals surface area contributed by atoms with Crippen molar-refractivity contribution in [2.45, 2.75) is 129 Å². The summed E-state index contributed by atoms with van der Waals surface area (Å²) < 4.78 is 25.0. The van der Waals surface area contributed by atoms with Crippen molar-refractivity contribution in [1.82, 2.24) is 24.5 Å². The third kappa shape index (κ3) is 9.15. The molecule has 0 spiro atoms. The second-order valence-electron chi connectivity index (χ2n) is 16.1. The van der Waals surface area contributed by atoms with Crippen molar-refractivity contribution in [2.75, 3.05) is 18.5 Å². The summed E-state index contributed by atoms with van der Waals surface area (Å²) in [5.74, 6) is -1.93. The van der Waals surface area contributed by atoms with Crippen LogP contribution in [0.25, 0.3) is 11.1 Å². The molecule has 2 amide bonds. The molecule has 4 N–H and O–H groups in total. The lowest BCUT2D eigenvalue weighted by Crippen LogP contribution is -2.39. The van der Waals surface area contributed by atoms with Crippen LogP contribution in [-0.2, 0) is 16.3 Å². The molecule has 0 aromatic carbocycles. The summed E-state index contributed by atoms with van der Waals surface area (Å²) in [5, 5.41) is 22.0. The van der Waals surface area contributed by atoms with Crippen LogP contribution in [0.3, 0.4) is 0 Å². The first-order valence-electron chi connectivity index (χ1n) is 18.9. The topological polar surface area (TPSA) is 150 Å². The Labute approximate surface area is 302 Å². The van der Waals surface area contributed by atoms with Crippen molar-refractivity contribution in [3.05, 3.63) is 46.9 Å². The molecule has 0 unspecified atom stereocenters. The van der Waals surface area contributed by atoms with Gasteiger partial charge in [-0.1, -0.05) is 83.8 Å². The van der Waals surface area contributed by atoms with Crippen LogP contribution in [0, 0.1) is 37.5 Å². The number of nitrogens with zero attached hydrogens (tertiary/aromatic N) is 5. The predicted octanol–water partition coefficient (Wildman–Crippen LogP) is 7.36. The van der Waals surface area contributed by atoms with Crippen LogP contribution in [0.1, 0.15) is 111 Å². The summed E-state index contributed by atoms with van der Waals surface area (Å²) >= 11 is 0. The molecule has 0 saturated heterocycles. The fraction of sp³-hybridized carbons (Fsp3) is 0.658. The number of carbonyl (C=O) groups is 2. The highest BCUT2D eigenvalue weighted by Crippen LogP contribution is 2.48. The van der Waals surface area contributed by atoms with E-state index in [9.17, 15) is 14.7 Å². The molecule has 2 aliphatic rings. The molecule has 0 bridgehead atoms. The molecule has 280 valence electrons. The Bertz CT molecular complexity index is 1640. The number of nitrogens with two attached hydrogens (primary N) is 1. The van der Waals surface area contributed by atoms with E-state index in [1.165, 1.54) is 17.5 Å². The lowest BCUT2D eigenvalue weighted by Gasteiger charge is -2.41. The zero-order valence-electron chi connectivity index (χ0n) is 31.4. The van der Waals surface area contributed by atoms with Gasteiger partial charge < -0.3 is 20.9 Å². The zero-order chi connectivity index (χ0) is 36.9. The summed E-state index contributed by atoms with van der Waals surface area (Å²) in [6, 6.07) is 3.79. The third-order valence-electron chi connectivity index (χ3n) is 11.1.